The lowest BCUT2D eigenvalue weighted by Gasteiger charge is -2.17. The summed E-state index contributed by atoms with van der Waals surface area (Å²) in [7, 11) is 1.55. The van der Waals surface area contributed by atoms with Crippen molar-refractivity contribution in [2.75, 3.05) is 25.2 Å². The molecule has 122 valence electrons. The summed E-state index contributed by atoms with van der Waals surface area (Å²) in [5.41, 5.74) is 1.03. The van der Waals surface area contributed by atoms with Gasteiger partial charge in [0, 0.05) is 11.9 Å². The molecule has 0 aliphatic heterocycles. The van der Waals surface area contributed by atoms with Gasteiger partial charge in [0.15, 0.2) is 0 Å². The lowest BCUT2D eigenvalue weighted by Crippen LogP contribution is -2.34. The zero-order valence-electron chi connectivity index (χ0n) is 12.4. The Morgan fingerprint density at radius 3 is 2.61 bits per heavy atom. The molecular weight excluding hydrogens is 375 g/mol. The van der Waals surface area contributed by atoms with Gasteiger partial charge in [0.25, 0.3) is 5.91 Å². The Kier molecular flexibility index (Phi) is 6.35. The van der Waals surface area contributed by atoms with Gasteiger partial charge >= 0.3 is 0 Å². The Labute approximate surface area is 152 Å². The number of likely N-dealkylation sites (N-methyl/N-ethyl adjacent to an activating group) is 1. The topological polar surface area (TPSA) is 49.4 Å². The summed E-state index contributed by atoms with van der Waals surface area (Å²) in [4.78, 5) is 26.7. The predicted octanol–water partition coefficient (Wildman–Crippen LogP) is 4.49. The fraction of sp³-hybridized carbons (Fsp3) is 0.200. The molecule has 8 heteroatoms. The number of amides is 2. The van der Waals surface area contributed by atoms with Crippen LogP contribution in [0.4, 0.5) is 5.69 Å². The molecule has 0 saturated heterocycles. The molecule has 1 heterocycles. The molecule has 0 aliphatic rings. The highest BCUT2D eigenvalue weighted by atomic mass is 35.5. The third-order valence-corrected chi connectivity index (χ3v) is 5.28. The van der Waals surface area contributed by atoms with Crippen molar-refractivity contribution in [2.45, 2.75) is 4.90 Å². The first kappa shape index (κ1) is 18.1. The number of thioether (sulfide) groups is 1. The van der Waals surface area contributed by atoms with Crippen LogP contribution in [0, 0.1) is 0 Å². The van der Waals surface area contributed by atoms with Crippen molar-refractivity contribution in [1.82, 2.24) is 4.90 Å². The standard InChI is InChI=1S/C15H14Cl2N2O2S2/c1-19(15(21)9-7-12(16)23-14(9)17)8-13(20)18-10-5-3-4-6-11(10)22-2/h3-7H,8H2,1-2H3,(H,18,20). The first-order valence-electron chi connectivity index (χ1n) is 6.55. The summed E-state index contributed by atoms with van der Waals surface area (Å²) in [6.45, 7) is -0.0780. The number of hydrogen-bond acceptors (Lipinski definition) is 4. The van der Waals surface area contributed by atoms with E-state index in [4.69, 9.17) is 23.2 Å². The van der Waals surface area contributed by atoms with Crippen LogP contribution in [0.2, 0.25) is 8.67 Å². The Morgan fingerprint density at radius 2 is 2.00 bits per heavy atom. The van der Waals surface area contributed by atoms with Crippen molar-refractivity contribution < 1.29 is 9.59 Å². The molecule has 0 saturated carbocycles. The molecular formula is C15H14Cl2N2O2S2. The SMILES string of the molecule is CSc1ccccc1NC(=O)CN(C)C(=O)c1cc(Cl)sc1Cl. The van der Waals surface area contributed by atoms with Crippen LogP contribution in [0.25, 0.3) is 0 Å². The van der Waals surface area contributed by atoms with Crippen LogP contribution in [0.3, 0.4) is 0 Å². The number of nitrogens with one attached hydrogen (secondary N) is 1. The van der Waals surface area contributed by atoms with Crippen molar-refractivity contribution in [2.24, 2.45) is 0 Å². The second-order valence-corrected chi connectivity index (χ2v) is 7.78. The highest BCUT2D eigenvalue weighted by Crippen LogP contribution is 2.31. The average Bonchev–Trinajstić information content (AvgIpc) is 2.85. The second-order valence-electron chi connectivity index (χ2n) is 4.65. The van der Waals surface area contributed by atoms with Crippen molar-refractivity contribution in [3.05, 3.63) is 44.6 Å². The number of para-hydroxylation sites is 1. The maximum Gasteiger partial charge on any atom is 0.256 e. The molecule has 1 N–H and O–H groups in total. The Balaban J connectivity index is 2.02. The van der Waals surface area contributed by atoms with Gasteiger partial charge in [-0.1, -0.05) is 35.3 Å². The quantitative estimate of drug-likeness (QED) is 0.767. The Hall–Kier alpha value is -1.21. The van der Waals surface area contributed by atoms with Crippen LogP contribution in [0.5, 0.6) is 0 Å². The molecule has 1 aromatic carbocycles. The van der Waals surface area contributed by atoms with Gasteiger partial charge in [-0.05, 0) is 24.5 Å². The number of carbonyl (C=O) groups excluding carboxylic acids is 2. The van der Waals surface area contributed by atoms with E-state index < -0.39 is 0 Å². The van der Waals surface area contributed by atoms with Crippen LogP contribution in [-0.2, 0) is 4.79 Å². The monoisotopic (exact) mass is 388 g/mol. The smallest absolute Gasteiger partial charge is 0.256 e. The van der Waals surface area contributed by atoms with Gasteiger partial charge in [-0.3, -0.25) is 9.59 Å². The molecule has 0 aliphatic carbocycles. The second kappa shape index (κ2) is 8.06. The summed E-state index contributed by atoms with van der Waals surface area (Å²) >= 11 is 14.5. The minimum atomic E-state index is -0.341. The largest absolute Gasteiger partial charge is 0.332 e. The fourth-order valence-electron chi connectivity index (χ4n) is 1.92. The van der Waals surface area contributed by atoms with Gasteiger partial charge in [0.2, 0.25) is 5.91 Å². The number of thiophene rings is 1. The van der Waals surface area contributed by atoms with E-state index in [2.05, 4.69) is 5.32 Å². The molecule has 0 unspecified atom stereocenters. The molecule has 0 radical (unpaired) electrons. The maximum absolute atomic E-state index is 12.3. The summed E-state index contributed by atoms with van der Waals surface area (Å²) < 4.78 is 0.755. The van der Waals surface area contributed by atoms with Crippen molar-refractivity contribution in [3.8, 4) is 0 Å². The predicted molar refractivity (Wildman–Crippen MR) is 98.2 cm³/mol. The molecule has 2 aromatic rings. The highest BCUT2D eigenvalue weighted by Gasteiger charge is 2.20. The van der Waals surface area contributed by atoms with Crippen molar-refractivity contribution in [3.63, 3.8) is 0 Å². The maximum atomic E-state index is 12.3. The van der Waals surface area contributed by atoms with Gasteiger partial charge in [-0.2, -0.15) is 0 Å². The molecule has 0 fully saturated rings. The van der Waals surface area contributed by atoms with E-state index in [0.29, 0.717) is 14.2 Å². The van der Waals surface area contributed by atoms with Gasteiger partial charge in [0.1, 0.15) is 4.34 Å². The normalized spacial score (nSPS) is 10.4. The van der Waals surface area contributed by atoms with E-state index >= 15 is 0 Å². The number of nitrogens with zero attached hydrogens (tertiary/aromatic N) is 1. The fourth-order valence-corrected chi connectivity index (χ4v) is 3.92. The van der Waals surface area contributed by atoms with Gasteiger partial charge < -0.3 is 10.2 Å². The highest BCUT2D eigenvalue weighted by molar-refractivity contribution is 7.98. The lowest BCUT2D eigenvalue weighted by atomic mass is 10.3. The van der Waals surface area contributed by atoms with Crippen LogP contribution >= 0.6 is 46.3 Å². The van der Waals surface area contributed by atoms with Crippen LogP contribution in [-0.4, -0.2) is 36.6 Å². The summed E-state index contributed by atoms with van der Waals surface area (Å²) in [5, 5.41) is 2.81. The van der Waals surface area contributed by atoms with Gasteiger partial charge in [0.05, 0.1) is 22.1 Å². The molecule has 23 heavy (non-hydrogen) atoms. The summed E-state index contributed by atoms with van der Waals surface area (Å²) in [6.07, 6.45) is 1.93. The molecule has 0 spiro atoms. The Bertz CT molecular complexity index is 734. The molecule has 1 aromatic heterocycles. The van der Waals surface area contributed by atoms with E-state index in [9.17, 15) is 9.59 Å². The number of hydrogen-bond donors (Lipinski definition) is 1. The zero-order chi connectivity index (χ0) is 17.0. The van der Waals surface area contributed by atoms with E-state index in [1.807, 2.05) is 30.5 Å². The number of rotatable bonds is 5. The zero-order valence-corrected chi connectivity index (χ0v) is 15.6. The average molecular weight is 389 g/mol. The third-order valence-electron chi connectivity index (χ3n) is 3.00. The van der Waals surface area contributed by atoms with Crippen LogP contribution in [0.1, 0.15) is 10.4 Å². The first-order valence-corrected chi connectivity index (χ1v) is 9.35. The number of carbonyl (C=O) groups is 2. The number of halogens is 2. The van der Waals surface area contributed by atoms with Crippen molar-refractivity contribution in [1.29, 1.82) is 0 Å². The molecule has 4 nitrogen and oxygen atoms in total. The minimum absolute atomic E-state index is 0.0780. The Morgan fingerprint density at radius 1 is 1.30 bits per heavy atom. The molecule has 2 rings (SSSR count). The number of anilines is 1. The minimum Gasteiger partial charge on any atom is -0.332 e. The summed E-state index contributed by atoms with van der Waals surface area (Å²) in [6, 6.07) is 8.99. The van der Waals surface area contributed by atoms with E-state index in [-0.39, 0.29) is 18.4 Å². The van der Waals surface area contributed by atoms with Crippen LogP contribution in [0.15, 0.2) is 35.2 Å². The molecule has 0 bridgehead atoms. The molecule has 2 amide bonds. The van der Waals surface area contributed by atoms with Crippen molar-refractivity contribution >= 4 is 63.8 Å². The first-order chi connectivity index (χ1) is 10.9. The van der Waals surface area contributed by atoms with E-state index in [1.54, 1.807) is 7.05 Å². The van der Waals surface area contributed by atoms with E-state index in [1.165, 1.54) is 22.7 Å². The summed E-state index contributed by atoms with van der Waals surface area (Å²) in [5.74, 6) is -0.619. The third kappa shape index (κ3) is 4.64. The van der Waals surface area contributed by atoms with E-state index in [0.717, 1.165) is 21.9 Å². The number of benzene rings is 1. The van der Waals surface area contributed by atoms with Crippen LogP contribution < -0.4 is 5.32 Å². The van der Waals surface area contributed by atoms with Gasteiger partial charge in [-0.25, -0.2) is 0 Å². The lowest BCUT2D eigenvalue weighted by molar-refractivity contribution is -0.116. The van der Waals surface area contributed by atoms with Gasteiger partial charge in [-0.15, -0.1) is 23.1 Å². The molecule has 0 atom stereocenters.